The summed E-state index contributed by atoms with van der Waals surface area (Å²) in [5.41, 5.74) is 5.66. The van der Waals surface area contributed by atoms with E-state index in [9.17, 15) is 0 Å². The van der Waals surface area contributed by atoms with Gasteiger partial charge < -0.3 is 15.5 Å². The van der Waals surface area contributed by atoms with Crippen molar-refractivity contribution in [1.82, 2.24) is 10.2 Å². The fourth-order valence-corrected chi connectivity index (χ4v) is 2.38. The summed E-state index contributed by atoms with van der Waals surface area (Å²) in [7, 11) is 0. The largest absolute Gasteiger partial charge is 0.406 e. The molecule has 0 aliphatic rings. The van der Waals surface area contributed by atoms with E-state index >= 15 is 0 Å². The van der Waals surface area contributed by atoms with Crippen LogP contribution in [-0.4, -0.2) is 27.7 Å². The molecule has 17 heavy (non-hydrogen) atoms. The first-order valence-electron chi connectivity index (χ1n) is 5.95. The predicted molar refractivity (Wildman–Crippen MR) is 72.2 cm³/mol. The third-order valence-corrected chi connectivity index (χ3v) is 4.70. The Morgan fingerprint density at radius 2 is 2.06 bits per heavy atom. The van der Waals surface area contributed by atoms with Crippen LogP contribution in [-0.2, 0) is 0 Å². The third kappa shape index (κ3) is 3.61. The van der Waals surface area contributed by atoms with E-state index in [1.807, 2.05) is 18.7 Å². The van der Waals surface area contributed by atoms with Gasteiger partial charge in [0.1, 0.15) is 0 Å². The van der Waals surface area contributed by atoms with E-state index in [4.69, 9.17) is 10.2 Å². The molecule has 98 valence electrons. The molecule has 1 aromatic rings. The lowest BCUT2D eigenvalue weighted by Gasteiger charge is -2.29. The number of hydrogen-bond donors (Lipinski definition) is 2. The Kier molecular flexibility index (Phi) is 5.27. The molecule has 5 nitrogen and oxygen atoms in total. The molecule has 1 aromatic heterocycles. The van der Waals surface area contributed by atoms with Crippen molar-refractivity contribution < 1.29 is 4.42 Å². The zero-order valence-electron chi connectivity index (χ0n) is 11.0. The minimum atomic E-state index is -0.222. The van der Waals surface area contributed by atoms with Crippen LogP contribution in [0.25, 0.3) is 0 Å². The minimum Gasteiger partial charge on any atom is -0.406 e. The summed E-state index contributed by atoms with van der Waals surface area (Å²) in [4.78, 5) is 0. The van der Waals surface area contributed by atoms with Crippen molar-refractivity contribution in [2.75, 3.05) is 18.1 Å². The van der Waals surface area contributed by atoms with Gasteiger partial charge in [-0.3, -0.25) is 0 Å². The Hall–Kier alpha value is -0.750. The SMILES string of the molecule is CCC(CC)(CNc1nnc(C(C)N)o1)SC. The smallest absolute Gasteiger partial charge is 0.315 e. The molecule has 0 aliphatic carbocycles. The maximum atomic E-state index is 5.66. The van der Waals surface area contributed by atoms with E-state index in [2.05, 4.69) is 35.6 Å². The number of rotatable bonds is 7. The van der Waals surface area contributed by atoms with E-state index in [-0.39, 0.29) is 10.8 Å². The highest BCUT2D eigenvalue weighted by molar-refractivity contribution is 8.00. The molecule has 1 unspecified atom stereocenters. The van der Waals surface area contributed by atoms with E-state index in [1.54, 1.807) is 0 Å². The normalized spacial score (nSPS) is 13.7. The number of thioether (sulfide) groups is 1. The second kappa shape index (κ2) is 6.26. The van der Waals surface area contributed by atoms with Crippen molar-refractivity contribution in [1.29, 1.82) is 0 Å². The average molecular weight is 258 g/mol. The first kappa shape index (κ1) is 14.3. The zero-order chi connectivity index (χ0) is 12.9. The van der Waals surface area contributed by atoms with Gasteiger partial charge in [0.15, 0.2) is 0 Å². The third-order valence-electron chi connectivity index (χ3n) is 3.11. The molecule has 0 saturated carbocycles. The van der Waals surface area contributed by atoms with Gasteiger partial charge in [-0.15, -0.1) is 5.10 Å². The van der Waals surface area contributed by atoms with E-state index in [1.165, 1.54) is 0 Å². The fourth-order valence-electron chi connectivity index (χ4n) is 1.59. The summed E-state index contributed by atoms with van der Waals surface area (Å²) in [5, 5.41) is 11.0. The molecule has 1 heterocycles. The van der Waals surface area contributed by atoms with Crippen molar-refractivity contribution in [3.05, 3.63) is 5.89 Å². The van der Waals surface area contributed by atoms with Crippen LogP contribution < -0.4 is 11.1 Å². The van der Waals surface area contributed by atoms with E-state index in [0.717, 1.165) is 19.4 Å². The number of aromatic nitrogens is 2. The molecule has 1 atom stereocenters. The van der Waals surface area contributed by atoms with Crippen LogP contribution in [0.5, 0.6) is 0 Å². The highest BCUT2D eigenvalue weighted by atomic mass is 32.2. The molecule has 6 heteroatoms. The van der Waals surface area contributed by atoms with Crippen LogP contribution in [0.15, 0.2) is 4.42 Å². The lowest BCUT2D eigenvalue weighted by Crippen LogP contribution is -2.32. The summed E-state index contributed by atoms with van der Waals surface area (Å²) >= 11 is 1.87. The summed E-state index contributed by atoms with van der Waals surface area (Å²) in [6, 6.07) is 0.235. The molecule has 0 aromatic carbocycles. The van der Waals surface area contributed by atoms with Crippen molar-refractivity contribution in [3.63, 3.8) is 0 Å². The Balaban J connectivity index is 2.59. The average Bonchev–Trinajstić information content (AvgIpc) is 2.81. The molecule has 0 saturated heterocycles. The topological polar surface area (TPSA) is 77.0 Å². The van der Waals surface area contributed by atoms with Gasteiger partial charge in [-0.1, -0.05) is 18.9 Å². The first-order valence-corrected chi connectivity index (χ1v) is 7.17. The molecule has 3 N–H and O–H groups in total. The molecule has 0 radical (unpaired) electrons. The van der Waals surface area contributed by atoms with E-state index in [0.29, 0.717) is 11.9 Å². The van der Waals surface area contributed by atoms with Crippen LogP contribution >= 0.6 is 11.8 Å². The molecule has 1 rings (SSSR count). The van der Waals surface area contributed by atoms with Crippen LogP contribution in [0.3, 0.4) is 0 Å². The van der Waals surface area contributed by atoms with Crippen LogP contribution in [0.2, 0.25) is 0 Å². The van der Waals surface area contributed by atoms with Gasteiger partial charge in [0.25, 0.3) is 0 Å². The quantitative estimate of drug-likeness (QED) is 0.782. The zero-order valence-corrected chi connectivity index (χ0v) is 11.8. The van der Waals surface area contributed by atoms with Gasteiger partial charge in [0.05, 0.1) is 6.04 Å². The molecule has 0 fully saturated rings. The standard InChI is InChI=1S/C11H22N4OS/c1-5-11(6-2,17-4)7-13-10-15-14-9(16-10)8(3)12/h8H,5-7,12H2,1-4H3,(H,13,15). The van der Waals surface area contributed by atoms with Gasteiger partial charge in [0, 0.05) is 11.3 Å². The van der Waals surface area contributed by atoms with Gasteiger partial charge >= 0.3 is 6.01 Å². The number of hydrogen-bond acceptors (Lipinski definition) is 6. The van der Waals surface area contributed by atoms with Crippen molar-refractivity contribution in [2.24, 2.45) is 5.73 Å². The summed E-state index contributed by atoms with van der Waals surface area (Å²) in [6.45, 7) is 7.04. The fraction of sp³-hybridized carbons (Fsp3) is 0.818. The molecule has 0 aliphatic heterocycles. The van der Waals surface area contributed by atoms with Crippen molar-refractivity contribution in [2.45, 2.75) is 44.4 Å². The number of nitrogens with one attached hydrogen (secondary N) is 1. The first-order chi connectivity index (χ1) is 8.06. The number of anilines is 1. The van der Waals surface area contributed by atoms with Crippen molar-refractivity contribution in [3.8, 4) is 0 Å². The van der Waals surface area contributed by atoms with E-state index < -0.39 is 0 Å². The predicted octanol–water partition coefficient (Wildman–Crippen LogP) is 2.42. The second-order valence-corrected chi connectivity index (χ2v) is 5.46. The maximum Gasteiger partial charge on any atom is 0.315 e. The Labute approximate surface area is 107 Å². The lowest BCUT2D eigenvalue weighted by molar-refractivity contribution is 0.468. The molecular formula is C11H22N4OS. The van der Waals surface area contributed by atoms with Gasteiger partial charge in [0.2, 0.25) is 5.89 Å². The highest BCUT2D eigenvalue weighted by Crippen LogP contribution is 2.30. The molecular weight excluding hydrogens is 236 g/mol. The lowest BCUT2D eigenvalue weighted by atomic mass is 10.0. The van der Waals surface area contributed by atoms with Crippen LogP contribution in [0.1, 0.15) is 45.5 Å². The van der Waals surface area contributed by atoms with Gasteiger partial charge in [-0.05, 0) is 26.0 Å². The summed E-state index contributed by atoms with van der Waals surface area (Å²) in [5.74, 6) is 0.468. The highest BCUT2D eigenvalue weighted by Gasteiger charge is 2.25. The Morgan fingerprint density at radius 1 is 1.41 bits per heavy atom. The molecule has 0 spiro atoms. The summed E-state index contributed by atoms with van der Waals surface area (Å²) < 4.78 is 5.63. The molecule has 0 amide bonds. The Bertz CT molecular complexity index is 328. The van der Waals surface area contributed by atoms with Crippen LogP contribution in [0.4, 0.5) is 6.01 Å². The van der Waals surface area contributed by atoms with Crippen LogP contribution in [0, 0.1) is 0 Å². The number of nitrogens with two attached hydrogens (primary N) is 1. The second-order valence-electron chi connectivity index (χ2n) is 4.18. The maximum absolute atomic E-state index is 5.66. The van der Waals surface area contributed by atoms with Crippen molar-refractivity contribution >= 4 is 17.8 Å². The number of nitrogens with zero attached hydrogens (tertiary/aromatic N) is 2. The molecule has 0 bridgehead atoms. The minimum absolute atomic E-state index is 0.222. The van der Waals surface area contributed by atoms with Gasteiger partial charge in [-0.25, -0.2) is 0 Å². The monoisotopic (exact) mass is 258 g/mol. The summed E-state index contributed by atoms with van der Waals surface area (Å²) in [6.07, 6.45) is 4.34. The van der Waals surface area contributed by atoms with Gasteiger partial charge in [-0.2, -0.15) is 11.8 Å². The Morgan fingerprint density at radius 3 is 2.47 bits per heavy atom.